The van der Waals surface area contributed by atoms with E-state index in [1.807, 2.05) is 6.92 Å². The van der Waals surface area contributed by atoms with E-state index in [2.05, 4.69) is 10.3 Å². The van der Waals surface area contributed by atoms with Crippen LogP contribution in [-0.4, -0.2) is 64.6 Å². The Labute approximate surface area is 179 Å². The van der Waals surface area contributed by atoms with E-state index in [-0.39, 0.29) is 30.8 Å². The summed E-state index contributed by atoms with van der Waals surface area (Å²) >= 11 is 6.37. The number of aryl methyl sites for hydroxylation is 1. The average molecular weight is 437 g/mol. The number of anilines is 1. The summed E-state index contributed by atoms with van der Waals surface area (Å²) < 4.78 is 12.3. The Morgan fingerprint density at radius 2 is 2.13 bits per heavy atom. The Morgan fingerprint density at radius 3 is 2.73 bits per heavy atom. The van der Waals surface area contributed by atoms with E-state index in [1.54, 1.807) is 39.3 Å². The van der Waals surface area contributed by atoms with Gasteiger partial charge in [0.1, 0.15) is 17.3 Å². The van der Waals surface area contributed by atoms with E-state index in [4.69, 9.17) is 21.1 Å². The van der Waals surface area contributed by atoms with Crippen LogP contribution in [0.4, 0.5) is 10.5 Å². The van der Waals surface area contributed by atoms with E-state index in [0.29, 0.717) is 40.1 Å². The van der Waals surface area contributed by atoms with Gasteiger partial charge in [0.15, 0.2) is 0 Å². The first-order valence-electron chi connectivity index (χ1n) is 9.54. The standard InChI is InChI=1S/C20H25ClN4O5/c1-5-30-16-10-25(20(27)28)9-15(16)23-17-11(2)22-18(24(3)19(17)26)13-7-6-12(29-4)8-14(13)21/h6-8,15-16,23H,5,9-10H2,1-4H3,(H,27,28)/t15-,16+/m1/s1. The molecule has 1 amide bonds. The molecule has 1 aromatic carbocycles. The Morgan fingerprint density at radius 1 is 1.40 bits per heavy atom. The summed E-state index contributed by atoms with van der Waals surface area (Å²) in [4.78, 5) is 30.3. The fourth-order valence-corrected chi connectivity index (χ4v) is 3.81. The molecule has 0 saturated carbocycles. The fourth-order valence-electron chi connectivity index (χ4n) is 3.56. The number of nitrogens with zero attached hydrogens (tertiary/aromatic N) is 3. The smallest absolute Gasteiger partial charge is 0.407 e. The summed E-state index contributed by atoms with van der Waals surface area (Å²) in [5.74, 6) is 1.03. The molecule has 2 N–H and O–H groups in total. The van der Waals surface area contributed by atoms with Gasteiger partial charge in [-0.2, -0.15) is 0 Å². The highest BCUT2D eigenvalue weighted by atomic mass is 35.5. The van der Waals surface area contributed by atoms with E-state index in [9.17, 15) is 14.7 Å². The van der Waals surface area contributed by atoms with Gasteiger partial charge in [-0.05, 0) is 32.0 Å². The number of carbonyl (C=O) groups is 1. The molecule has 2 atom stereocenters. The van der Waals surface area contributed by atoms with Crippen LogP contribution in [0.5, 0.6) is 5.75 Å². The number of ether oxygens (including phenoxy) is 2. The summed E-state index contributed by atoms with van der Waals surface area (Å²) in [5.41, 5.74) is 1.13. The number of nitrogens with one attached hydrogen (secondary N) is 1. The van der Waals surface area contributed by atoms with Crippen LogP contribution < -0.4 is 15.6 Å². The molecule has 1 aliphatic heterocycles. The predicted molar refractivity (Wildman–Crippen MR) is 114 cm³/mol. The number of carboxylic acid groups (broad SMARTS) is 1. The quantitative estimate of drug-likeness (QED) is 0.716. The fraction of sp³-hybridized carbons (Fsp3) is 0.450. The van der Waals surface area contributed by atoms with Crippen LogP contribution in [-0.2, 0) is 11.8 Å². The molecule has 0 bridgehead atoms. The highest BCUT2D eigenvalue weighted by Crippen LogP contribution is 2.30. The molecule has 2 heterocycles. The maximum absolute atomic E-state index is 13.1. The Hall–Kier alpha value is -2.78. The maximum Gasteiger partial charge on any atom is 0.407 e. The molecule has 3 rings (SSSR count). The number of benzene rings is 1. The highest BCUT2D eigenvalue weighted by Gasteiger charge is 2.36. The van der Waals surface area contributed by atoms with Crippen molar-refractivity contribution >= 4 is 23.4 Å². The van der Waals surface area contributed by atoms with Gasteiger partial charge < -0.3 is 24.8 Å². The lowest BCUT2D eigenvalue weighted by Gasteiger charge is -2.22. The zero-order valence-corrected chi connectivity index (χ0v) is 18.1. The van der Waals surface area contributed by atoms with Crippen LogP contribution >= 0.6 is 11.6 Å². The summed E-state index contributed by atoms with van der Waals surface area (Å²) in [6, 6.07) is 4.81. The van der Waals surface area contributed by atoms with Crippen molar-refractivity contribution in [1.29, 1.82) is 0 Å². The topological polar surface area (TPSA) is 106 Å². The summed E-state index contributed by atoms with van der Waals surface area (Å²) in [5, 5.41) is 12.9. The number of halogens is 1. The predicted octanol–water partition coefficient (Wildman–Crippen LogP) is 2.60. The van der Waals surface area contributed by atoms with Gasteiger partial charge in [0.2, 0.25) is 0 Å². The number of amides is 1. The van der Waals surface area contributed by atoms with Gasteiger partial charge in [0.05, 0.1) is 36.5 Å². The second-order valence-electron chi connectivity index (χ2n) is 7.04. The molecule has 162 valence electrons. The number of methoxy groups -OCH3 is 1. The third kappa shape index (κ3) is 4.22. The third-order valence-electron chi connectivity index (χ3n) is 5.14. The molecule has 0 unspecified atom stereocenters. The molecule has 0 spiro atoms. The molecular weight excluding hydrogens is 412 g/mol. The lowest BCUT2D eigenvalue weighted by Crippen LogP contribution is -2.38. The SMILES string of the molecule is CCO[C@H]1CN(C(=O)O)C[C@H]1Nc1c(C)nc(-c2ccc(OC)cc2Cl)n(C)c1=O. The highest BCUT2D eigenvalue weighted by molar-refractivity contribution is 6.33. The zero-order valence-electron chi connectivity index (χ0n) is 17.3. The first-order valence-corrected chi connectivity index (χ1v) is 9.92. The molecule has 0 aliphatic carbocycles. The number of hydrogen-bond acceptors (Lipinski definition) is 6. The minimum absolute atomic E-state index is 0.217. The van der Waals surface area contributed by atoms with E-state index < -0.39 is 6.09 Å². The zero-order chi connectivity index (χ0) is 22.0. The van der Waals surface area contributed by atoms with Crippen LogP contribution in [0.15, 0.2) is 23.0 Å². The summed E-state index contributed by atoms with van der Waals surface area (Å²) in [7, 11) is 3.17. The molecule has 1 saturated heterocycles. The largest absolute Gasteiger partial charge is 0.497 e. The Kier molecular flexibility index (Phi) is 6.52. The number of likely N-dealkylation sites (tertiary alicyclic amines) is 1. The van der Waals surface area contributed by atoms with E-state index in [1.165, 1.54) is 9.47 Å². The van der Waals surface area contributed by atoms with Gasteiger partial charge in [-0.15, -0.1) is 0 Å². The Bertz CT molecular complexity index is 1010. The van der Waals surface area contributed by atoms with Crippen molar-refractivity contribution in [3.8, 4) is 17.1 Å². The number of rotatable bonds is 6. The van der Waals surface area contributed by atoms with Crippen LogP contribution in [0.1, 0.15) is 12.6 Å². The second-order valence-corrected chi connectivity index (χ2v) is 7.45. The summed E-state index contributed by atoms with van der Waals surface area (Å²) in [6.07, 6.45) is -1.37. The number of hydrogen-bond donors (Lipinski definition) is 2. The Balaban J connectivity index is 1.95. The summed E-state index contributed by atoms with van der Waals surface area (Å²) in [6.45, 7) is 4.48. The molecule has 30 heavy (non-hydrogen) atoms. The second kappa shape index (κ2) is 8.93. The molecule has 1 aromatic heterocycles. The molecule has 0 radical (unpaired) electrons. The lowest BCUT2D eigenvalue weighted by atomic mass is 10.1. The lowest BCUT2D eigenvalue weighted by molar-refractivity contribution is 0.0629. The van der Waals surface area contributed by atoms with Crippen LogP contribution in [0, 0.1) is 6.92 Å². The normalized spacial score (nSPS) is 18.5. The maximum atomic E-state index is 13.1. The van der Waals surface area contributed by atoms with E-state index >= 15 is 0 Å². The van der Waals surface area contributed by atoms with Crippen molar-refractivity contribution in [1.82, 2.24) is 14.5 Å². The van der Waals surface area contributed by atoms with Gasteiger partial charge in [-0.25, -0.2) is 9.78 Å². The monoisotopic (exact) mass is 436 g/mol. The van der Waals surface area contributed by atoms with Crippen LogP contribution in [0.25, 0.3) is 11.4 Å². The van der Waals surface area contributed by atoms with Crippen molar-refractivity contribution in [3.63, 3.8) is 0 Å². The van der Waals surface area contributed by atoms with Gasteiger partial charge in [-0.1, -0.05) is 11.6 Å². The van der Waals surface area contributed by atoms with Crippen molar-refractivity contribution in [2.45, 2.75) is 26.0 Å². The van der Waals surface area contributed by atoms with Gasteiger partial charge >= 0.3 is 6.09 Å². The molecule has 1 aliphatic rings. The van der Waals surface area contributed by atoms with Crippen molar-refractivity contribution in [2.75, 3.05) is 32.1 Å². The van der Waals surface area contributed by atoms with Gasteiger partial charge in [0.25, 0.3) is 5.56 Å². The molecule has 9 nitrogen and oxygen atoms in total. The minimum atomic E-state index is -1.02. The van der Waals surface area contributed by atoms with Crippen LogP contribution in [0.2, 0.25) is 5.02 Å². The minimum Gasteiger partial charge on any atom is -0.497 e. The van der Waals surface area contributed by atoms with Gasteiger partial charge in [0, 0.05) is 25.8 Å². The van der Waals surface area contributed by atoms with Crippen molar-refractivity contribution < 1.29 is 19.4 Å². The molecule has 10 heteroatoms. The van der Waals surface area contributed by atoms with Gasteiger partial charge in [-0.3, -0.25) is 9.36 Å². The first kappa shape index (κ1) is 21.9. The van der Waals surface area contributed by atoms with Crippen LogP contribution in [0.3, 0.4) is 0 Å². The molecular formula is C20H25ClN4O5. The molecule has 2 aromatic rings. The van der Waals surface area contributed by atoms with E-state index in [0.717, 1.165) is 0 Å². The number of aromatic nitrogens is 2. The van der Waals surface area contributed by atoms with Crippen molar-refractivity contribution in [2.24, 2.45) is 7.05 Å². The first-order chi connectivity index (χ1) is 14.3. The molecule has 1 fully saturated rings. The average Bonchev–Trinajstić information content (AvgIpc) is 3.11. The van der Waals surface area contributed by atoms with Crippen molar-refractivity contribution in [3.05, 3.63) is 39.3 Å². The third-order valence-corrected chi connectivity index (χ3v) is 5.45.